The van der Waals surface area contributed by atoms with Gasteiger partial charge in [-0.05, 0) is 0 Å². The van der Waals surface area contributed by atoms with Crippen molar-refractivity contribution in [1.29, 1.82) is 0 Å². The molecule has 2 N–H and O–H groups in total. The molecule has 0 bridgehead atoms. The number of nitrogens with two attached hydrogens (primary N) is 1. The maximum atomic E-state index is 9.62. The molecule has 0 rings (SSSR count). The lowest BCUT2D eigenvalue weighted by atomic mass is 11.3. The molecule has 0 aliphatic carbocycles. The molecular formula is CH3NO4S2. The van der Waals surface area contributed by atoms with Crippen LogP contribution in [0.25, 0.3) is 0 Å². The quantitative estimate of drug-likeness (QED) is 0.313. The lowest BCUT2D eigenvalue weighted by Crippen LogP contribution is -2.08. The van der Waals surface area contributed by atoms with Crippen LogP contribution in [0.3, 0.4) is 0 Å². The molecule has 1 amide bonds. The summed E-state index contributed by atoms with van der Waals surface area (Å²) >= 11 is 0.0185. The molecule has 48 valence electrons. The lowest BCUT2D eigenvalue weighted by Gasteiger charge is -1.85. The van der Waals surface area contributed by atoms with Crippen LogP contribution >= 0.6 is 11.1 Å². The van der Waals surface area contributed by atoms with E-state index in [1.165, 1.54) is 0 Å². The van der Waals surface area contributed by atoms with Crippen molar-refractivity contribution in [3.8, 4) is 0 Å². The Kier molecular flexibility index (Phi) is 3.37. The molecule has 0 aliphatic heterocycles. The zero-order valence-electron chi connectivity index (χ0n) is 3.57. The third-order valence-electron chi connectivity index (χ3n) is 0.180. The zero-order chi connectivity index (χ0) is 6.57. The Balaban J connectivity index is 3.32. The Hall–Kier alpha value is -0.430. The Morgan fingerprint density at radius 1 is 1.62 bits per heavy atom. The van der Waals surface area contributed by atoms with Crippen LogP contribution in [0.4, 0.5) is 4.79 Å². The molecule has 0 heterocycles. The number of amides is 1. The van der Waals surface area contributed by atoms with Crippen LogP contribution in [0.2, 0.25) is 0 Å². The van der Waals surface area contributed by atoms with Crippen molar-refractivity contribution in [1.82, 2.24) is 0 Å². The number of hydrogen-bond donors (Lipinski definition) is 2. The molecule has 0 aliphatic rings. The van der Waals surface area contributed by atoms with Crippen LogP contribution < -0.4 is 5.73 Å². The molecule has 0 saturated carbocycles. The maximum Gasteiger partial charge on any atom is 0.417 e. The van der Waals surface area contributed by atoms with Gasteiger partial charge in [-0.3, -0.25) is 0 Å². The highest BCUT2D eigenvalue weighted by atomic mass is 33.1. The van der Waals surface area contributed by atoms with Gasteiger partial charge in [-0.25, -0.2) is 13.2 Å². The van der Waals surface area contributed by atoms with Crippen LogP contribution in [0.1, 0.15) is 0 Å². The minimum Gasteiger partial charge on any atom is -0.359 e. The third kappa shape index (κ3) is 5.57. The first-order valence-electron chi connectivity index (χ1n) is 1.41. The van der Waals surface area contributed by atoms with E-state index in [9.17, 15) is 13.2 Å². The van der Waals surface area contributed by atoms with Crippen molar-refractivity contribution in [3.63, 3.8) is 0 Å². The number of carbonyl (C=O) groups excluding carboxylic acids is 1. The van der Waals surface area contributed by atoms with Gasteiger partial charge in [0.05, 0.1) is 0 Å². The van der Waals surface area contributed by atoms with Crippen LogP contribution in [-0.2, 0) is 13.9 Å². The van der Waals surface area contributed by atoms with Crippen molar-refractivity contribution in [3.05, 3.63) is 0 Å². The van der Waals surface area contributed by atoms with E-state index < -0.39 is 15.8 Å². The number of primary amides is 1. The summed E-state index contributed by atoms with van der Waals surface area (Å²) in [6, 6.07) is 0. The summed E-state index contributed by atoms with van der Waals surface area (Å²) in [5.74, 6) is 0. The molecule has 0 unspecified atom stereocenters. The Morgan fingerprint density at radius 3 is 2.25 bits per heavy atom. The topological polar surface area (TPSA) is 86.5 Å². The minimum absolute atomic E-state index is 0.0185. The van der Waals surface area contributed by atoms with Crippen molar-refractivity contribution in [2.45, 2.75) is 0 Å². The summed E-state index contributed by atoms with van der Waals surface area (Å²) in [6.45, 7) is 0. The van der Waals surface area contributed by atoms with Crippen LogP contribution in [-0.4, -0.2) is 14.5 Å². The van der Waals surface area contributed by atoms with Crippen molar-refractivity contribution >= 4 is 26.9 Å². The van der Waals surface area contributed by atoms with Gasteiger partial charge in [-0.2, -0.15) is 0 Å². The van der Waals surface area contributed by atoms with Crippen molar-refractivity contribution in [2.24, 2.45) is 5.73 Å². The highest BCUT2D eigenvalue weighted by Crippen LogP contribution is 1.99. The molecule has 0 radical (unpaired) electrons. The SMILES string of the molecule is NC(=O)OS[SH](=O)=O. The average Bonchev–Trinajstić information content (AvgIpc) is 1.61. The molecule has 0 fully saturated rings. The molecule has 0 atom stereocenters. The predicted molar refractivity (Wildman–Crippen MR) is 28.6 cm³/mol. The standard InChI is InChI=1S/CH3NO4S2/c2-1(3)6-7-8(4)5/h8H,(H2,2,3). The second-order valence-electron chi connectivity index (χ2n) is 0.701. The summed E-state index contributed by atoms with van der Waals surface area (Å²) in [4.78, 5) is 9.62. The monoisotopic (exact) mass is 157 g/mol. The molecule has 7 heteroatoms. The van der Waals surface area contributed by atoms with Gasteiger partial charge in [0.1, 0.15) is 0 Å². The van der Waals surface area contributed by atoms with Crippen molar-refractivity contribution in [2.75, 3.05) is 0 Å². The fraction of sp³-hybridized carbons (Fsp3) is 0. The van der Waals surface area contributed by atoms with Gasteiger partial charge in [0, 0.05) is 0 Å². The van der Waals surface area contributed by atoms with Crippen LogP contribution in [0.5, 0.6) is 0 Å². The molecule has 5 nitrogen and oxygen atoms in total. The average molecular weight is 157 g/mol. The van der Waals surface area contributed by atoms with Gasteiger partial charge in [0.15, 0.2) is 11.1 Å². The molecule has 0 aromatic heterocycles. The second-order valence-corrected chi connectivity index (χ2v) is 2.81. The maximum absolute atomic E-state index is 9.62. The zero-order valence-corrected chi connectivity index (χ0v) is 5.28. The van der Waals surface area contributed by atoms with E-state index in [0.29, 0.717) is 0 Å². The normalized spacial score (nSPS) is 9.12. The van der Waals surface area contributed by atoms with Crippen molar-refractivity contribution < 1.29 is 17.4 Å². The fourth-order valence-corrected chi connectivity index (χ4v) is 0.604. The molecule has 8 heavy (non-hydrogen) atoms. The number of carbonyl (C=O) groups is 1. The summed E-state index contributed by atoms with van der Waals surface area (Å²) in [6.07, 6.45) is -1.12. The number of hydrogen-bond acceptors (Lipinski definition) is 5. The number of thiol groups is 1. The van der Waals surface area contributed by atoms with E-state index in [1.54, 1.807) is 0 Å². The van der Waals surface area contributed by atoms with Gasteiger partial charge < -0.3 is 9.92 Å². The Labute approximate surface area is 50.7 Å². The van der Waals surface area contributed by atoms with Gasteiger partial charge in [-0.15, -0.1) is 0 Å². The smallest absolute Gasteiger partial charge is 0.359 e. The van der Waals surface area contributed by atoms with Crippen LogP contribution in [0.15, 0.2) is 0 Å². The van der Waals surface area contributed by atoms with Gasteiger partial charge >= 0.3 is 6.09 Å². The summed E-state index contributed by atoms with van der Waals surface area (Å²) in [5.41, 5.74) is 4.39. The van der Waals surface area contributed by atoms with E-state index in [4.69, 9.17) is 0 Å². The van der Waals surface area contributed by atoms with Gasteiger partial charge in [0.25, 0.3) is 0 Å². The first kappa shape index (κ1) is 7.57. The summed E-state index contributed by atoms with van der Waals surface area (Å²) in [5, 5.41) is 0. The van der Waals surface area contributed by atoms with Gasteiger partial charge in [-0.1, -0.05) is 0 Å². The van der Waals surface area contributed by atoms with E-state index >= 15 is 0 Å². The molecule has 0 aromatic carbocycles. The molecule has 0 spiro atoms. The fourth-order valence-electron chi connectivity index (χ4n) is 0.0672. The molecule has 0 saturated heterocycles. The first-order chi connectivity index (χ1) is 3.63. The van der Waals surface area contributed by atoms with Gasteiger partial charge in [0.2, 0.25) is 9.74 Å². The Bertz CT molecular complexity index is 142. The second kappa shape index (κ2) is 3.56. The van der Waals surface area contributed by atoms with E-state index in [0.717, 1.165) is 0 Å². The highest BCUT2D eigenvalue weighted by Gasteiger charge is 1.93. The predicted octanol–water partition coefficient (Wildman–Crippen LogP) is -0.744. The lowest BCUT2D eigenvalue weighted by molar-refractivity contribution is 0.219. The third-order valence-corrected chi connectivity index (χ3v) is 1.13. The van der Waals surface area contributed by atoms with E-state index in [1.807, 2.05) is 0 Å². The largest absolute Gasteiger partial charge is 0.417 e. The molecular weight excluding hydrogens is 154 g/mol. The summed E-state index contributed by atoms with van der Waals surface area (Å²) < 4.78 is 22.9. The molecule has 0 aromatic rings. The Morgan fingerprint density at radius 2 is 2.12 bits per heavy atom. The number of rotatable bonds is 2. The van der Waals surface area contributed by atoms with E-state index in [2.05, 4.69) is 9.92 Å². The van der Waals surface area contributed by atoms with Crippen LogP contribution in [0, 0.1) is 0 Å². The minimum atomic E-state index is -2.74. The first-order valence-corrected chi connectivity index (χ1v) is 3.94. The van der Waals surface area contributed by atoms with E-state index in [-0.39, 0.29) is 11.1 Å². The highest BCUT2D eigenvalue weighted by molar-refractivity contribution is 8.62. The summed E-state index contributed by atoms with van der Waals surface area (Å²) in [7, 11) is -2.74.